The molecular formula is C23H36N4O3S. The summed E-state index contributed by atoms with van der Waals surface area (Å²) in [7, 11) is -0.730. The number of carbonyl (C=O) groups is 1. The number of aromatic nitrogens is 2. The molecule has 1 N–H and O–H groups in total. The first kappa shape index (κ1) is 24.9. The van der Waals surface area contributed by atoms with Crippen LogP contribution in [0.3, 0.4) is 0 Å². The van der Waals surface area contributed by atoms with Gasteiger partial charge in [-0.2, -0.15) is 5.10 Å². The molecule has 1 aromatic heterocycles. The van der Waals surface area contributed by atoms with E-state index in [-0.39, 0.29) is 22.2 Å². The fourth-order valence-electron chi connectivity index (χ4n) is 3.50. The molecule has 0 aliphatic heterocycles. The molecule has 2 rings (SSSR count). The van der Waals surface area contributed by atoms with Gasteiger partial charge < -0.3 is 5.32 Å². The maximum atomic E-state index is 13.0. The fraction of sp³-hybridized carbons (Fsp3) is 0.565. The smallest absolute Gasteiger partial charge is 0.265 e. The van der Waals surface area contributed by atoms with Gasteiger partial charge in [0.1, 0.15) is 5.56 Å². The third-order valence-corrected chi connectivity index (χ3v) is 7.21. The number of nitrogens with zero attached hydrogens (tertiary/aromatic N) is 3. The molecule has 1 amide bonds. The highest BCUT2D eigenvalue weighted by atomic mass is 32.2. The van der Waals surface area contributed by atoms with Crippen LogP contribution in [0.4, 0.5) is 5.82 Å². The maximum absolute atomic E-state index is 13.0. The molecule has 0 unspecified atom stereocenters. The van der Waals surface area contributed by atoms with E-state index in [0.29, 0.717) is 6.54 Å². The van der Waals surface area contributed by atoms with Crippen molar-refractivity contribution in [2.45, 2.75) is 70.1 Å². The topological polar surface area (TPSA) is 84.3 Å². The monoisotopic (exact) mass is 448 g/mol. The molecule has 8 heteroatoms. The summed E-state index contributed by atoms with van der Waals surface area (Å²) in [6.45, 7) is 4.68. The number of hydrogen-bond acceptors (Lipinski definition) is 4. The van der Waals surface area contributed by atoms with Gasteiger partial charge in [-0.25, -0.2) is 8.42 Å². The van der Waals surface area contributed by atoms with Gasteiger partial charge in [-0.15, -0.1) is 0 Å². The first-order chi connectivity index (χ1) is 14.8. The van der Waals surface area contributed by atoms with E-state index in [2.05, 4.69) is 17.3 Å². The van der Waals surface area contributed by atoms with E-state index in [0.717, 1.165) is 22.7 Å². The molecular weight excluding hydrogens is 412 g/mol. The molecule has 31 heavy (non-hydrogen) atoms. The van der Waals surface area contributed by atoms with Crippen LogP contribution < -0.4 is 9.62 Å². The first-order valence-electron chi connectivity index (χ1n) is 11.1. The van der Waals surface area contributed by atoms with Gasteiger partial charge in [0.2, 0.25) is 0 Å². The Morgan fingerprint density at radius 3 is 2.23 bits per heavy atom. The molecule has 0 spiro atoms. The number of aryl methyl sites for hydroxylation is 2. The lowest BCUT2D eigenvalue weighted by molar-refractivity contribution is 0.0953. The lowest BCUT2D eigenvalue weighted by atomic mass is 10.1. The van der Waals surface area contributed by atoms with E-state index in [1.54, 1.807) is 31.3 Å². The molecule has 0 saturated heterocycles. The minimum Gasteiger partial charge on any atom is -0.352 e. The van der Waals surface area contributed by atoms with Crippen LogP contribution in [0.5, 0.6) is 0 Å². The fourth-order valence-corrected chi connectivity index (χ4v) is 4.74. The van der Waals surface area contributed by atoms with Crippen LogP contribution in [-0.4, -0.2) is 37.7 Å². The Kier molecular flexibility index (Phi) is 9.55. The lowest BCUT2D eigenvalue weighted by Gasteiger charge is -2.21. The summed E-state index contributed by atoms with van der Waals surface area (Å²) < 4.78 is 28.6. The maximum Gasteiger partial charge on any atom is 0.265 e. The number of sulfonamides is 1. The van der Waals surface area contributed by atoms with E-state index in [9.17, 15) is 13.2 Å². The number of nitrogens with one attached hydrogen (secondary N) is 1. The molecule has 2 aromatic rings. The zero-order valence-electron chi connectivity index (χ0n) is 19.2. The molecule has 0 radical (unpaired) electrons. The number of anilines is 1. The summed E-state index contributed by atoms with van der Waals surface area (Å²) >= 11 is 0. The second-order valence-electron chi connectivity index (χ2n) is 8.02. The van der Waals surface area contributed by atoms with Crippen LogP contribution in [0.25, 0.3) is 0 Å². The van der Waals surface area contributed by atoms with Gasteiger partial charge in [0.05, 0.1) is 11.1 Å². The van der Waals surface area contributed by atoms with Gasteiger partial charge in [-0.05, 0) is 25.5 Å². The number of carbonyl (C=O) groups excluding carboxylic acids is 1. The Labute approximate surface area is 186 Å². The summed E-state index contributed by atoms with van der Waals surface area (Å²) in [5, 5.41) is 7.03. The van der Waals surface area contributed by atoms with Crippen LogP contribution >= 0.6 is 0 Å². The summed E-state index contributed by atoms with van der Waals surface area (Å²) in [5.74, 6) is -0.0639. The Morgan fingerprint density at radius 2 is 1.61 bits per heavy atom. The predicted molar refractivity (Wildman–Crippen MR) is 125 cm³/mol. The molecule has 0 aliphatic carbocycles. The van der Waals surface area contributed by atoms with E-state index in [4.69, 9.17) is 0 Å². The number of rotatable bonds is 13. The molecule has 0 atom stereocenters. The standard InChI is InChI=1S/C23H36N4O3S/c1-5-6-7-8-9-10-11-12-17-24-22(28)21-18-25-26(3)23(21)27(4)31(29,30)20-15-13-19(2)14-16-20/h13-16,18H,5-12,17H2,1-4H3,(H,24,28). The van der Waals surface area contributed by atoms with Gasteiger partial charge in [0.15, 0.2) is 5.82 Å². The first-order valence-corrected chi connectivity index (χ1v) is 12.6. The van der Waals surface area contributed by atoms with Gasteiger partial charge in [-0.3, -0.25) is 13.8 Å². The van der Waals surface area contributed by atoms with Crippen LogP contribution in [0, 0.1) is 6.92 Å². The van der Waals surface area contributed by atoms with Crippen LogP contribution in [0.1, 0.15) is 74.2 Å². The lowest BCUT2D eigenvalue weighted by Crippen LogP contribution is -2.32. The Bertz CT molecular complexity index is 936. The minimum atomic E-state index is -3.81. The Hall–Kier alpha value is -2.35. The van der Waals surface area contributed by atoms with Crippen LogP contribution in [0.2, 0.25) is 0 Å². The van der Waals surface area contributed by atoms with Crippen molar-refractivity contribution in [3.63, 3.8) is 0 Å². The van der Waals surface area contributed by atoms with E-state index >= 15 is 0 Å². The molecule has 0 saturated carbocycles. The average molecular weight is 449 g/mol. The minimum absolute atomic E-state index is 0.173. The molecule has 172 valence electrons. The highest BCUT2D eigenvalue weighted by molar-refractivity contribution is 7.92. The van der Waals surface area contributed by atoms with Crippen molar-refractivity contribution in [3.05, 3.63) is 41.6 Å². The second kappa shape index (κ2) is 11.9. The SMILES string of the molecule is CCCCCCCCCCNC(=O)c1cnn(C)c1N(C)S(=O)(=O)c1ccc(C)cc1. The third kappa shape index (κ3) is 6.82. The van der Waals surface area contributed by atoms with E-state index < -0.39 is 10.0 Å². The number of hydrogen-bond donors (Lipinski definition) is 1. The average Bonchev–Trinajstić information content (AvgIpc) is 3.13. The summed E-state index contributed by atoms with van der Waals surface area (Å²) in [6.07, 6.45) is 11.0. The van der Waals surface area contributed by atoms with Gasteiger partial charge in [0.25, 0.3) is 15.9 Å². The van der Waals surface area contributed by atoms with E-state index in [1.807, 2.05) is 6.92 Å². The van der Waals surface area contributed by atoms with Crippen LogP contribution in [0.15, 0.2) is 35.4 Å². The number of unbranched alkanes of at least 4 members (excludes halogenated alkanes) is 7. The second-order valence-corrected chi connectivity index (χ2v) is 9.99. The van der Waals surface area contributed by atoms with Crippen molar-refractivity contribution in [1.29, 1.82) is 0 Å². The summed E-state index contributed by atoms with van der Waals surface area (Å²) in [5.41, 5.74) is 1.23. The normalized spacial score (nSPS) is 11.5. The molecule has 1 heterocycles. The molecule has 0 bridgehead atoms. The Morgan fingerprint density at radius 1 is 1.03 bits per heavy atom. The molecule has 7 nitrogen and oxygen atoms in total. The largest absolute Gasteiger partial charge is 0.352 e. The van der Waals surface area contributed by atoms with Gasteiger partial charge in [-0.1, -0.05) is 69.6 Å². The highest BCUT2D eigenvalue weighted by Gasteiger charge is 2.28. The molecule has 1 aromatic carbocycles. The zero-order chi connectivity index (χ0) is 22.9. The van der Waals surface area contributed by atoms with Crippen LogP contribution in [-0.2, 0) is 17.1 Å². The van der Waals surface area contributed by atoms with Gasteiger partial charge >= 0.3 is 0 Å². The van der Waals surface area contributed by atoms with Crippen molar-refractivity contribution in [3.8, 4) is 0 Å². The zero-order valence-corrected chi connectivity index (χ0v) is 20.0. The number of amides is 1. The van der Waals surface area contributed by atoms with Crippen molar-refractivity contribution in [1.82, 2.24) is 15.1 Å². The molecule has 0 aliphatic rings. The molecule has 0 fully saturated rings. The predicted octanol–water partition coefficient (Wildman–Crippen LogP) is 4.42. The summed E-state index contributed by atoms with van der Waals surface area (Å²) in [6, 6.07) is 6.64. The van der Waals surface area contributed by atoms with Crippen molar-refractivity contribution in [2.75, 3.05) is 17.9 Å². The van der Waals surface area contributed by atoms with Crippen molar-refractivity contribution < 1.29 is 13.2 Å². The Balaban J connectivity index is 1.95. The van der Waals surface area contributed by atoms with Gasteiger partial charge in [0, 0.05) is 20.6 Å². The van der Waals surface area contributed by atoms with Crippen molar-refractivity contribution in [2.24, 2.45) is 7.05 Å². The van der Waals surface area contributed by atoms with E-state index in [1.165, 1.54) is 56.5 Å². The summed E-state index contributed by atoms with van der Waals surface area (Å²) in [4.78, 5) is 12.9. The quantitative estimate of drug-likeness (QED) is 0.460. The number of benzene rings is 1. The third-order valence-electron chi connectivity index (χ3n) is 5.45. The highest BCUT2D eigenvalue weighted by Crippen LogP contribution is 2.25. The van der Waals surface area contributed by atoms with Crippen molar-refractivity contribution >= 4 is 21.7 Å².